The molecule has 0 heterocycles. The van der Waals surface area contributed by atoms with Crippen LogP contribution in [-0.2, 0) is 0 Å². The van der Waals surface area contributed by atoms with Crippen molar-refractivity contribution in [1.29, 1.82) is 0 Å². The van der Waals surface area contributed by atoms with Gasteiger partial charge in [-0.1, -0.05) is 36.7 Å². The Kier molecular flexibility index (Phi) is 5.50. The second kappa shape index (κ2) is 6.66. The molecule has 0 fully saturated rings. The van der Waals surface area contributed by atoms with Crippen molar-refractivity contribution < 1.29 is 4.39 Å². The molecule has 0 aliphatic carbocycles. The number of halogens is 2. The highest BCUT2D eigenvalue weighted by atomic mass is 35.5. The number of nitrogens with one attached hydrogen (secondary N) is 1. The van der Waals surface area contributed by atoms with Gasteiger partial charge in [0.25, 0.3) is 0 Å². The third-order valence-corrected chi connectivity index (χ3v) is 2.48. The van der Waals surface area contributed by atoms with Crippen LogP contribution in [-0.4, -0.2) is 12.6 Å². The smallest absolute Gasteiger partial charge is 0.131 e. The first kappa shape index (κ1) is 13.2. The summed E-state index contributed by atoms with van der Waals surface area (Å²) in [6.07, 6.45) is 4.81. The quantitative estimate of drug-likeness (QED) is 0.825. The zero-order chi connectivity index (χ0) is 12.0. The minimum absolute atomic E-state index is 0.245. The van der Waals surface area contributed by atoms with Gasteiger partial charge in [0.05, 0.1) is 0 Å². The van der Waals surface area contributed by atoms with Gasteiger partial charge in [-0.3, -0.25) is 0 Å². The Hall–Kier alpha value is -0.860. The standard InChI is InChI=1S/C13H17ClFN/c1-3-8-16-10(2)4-5-11-6-7-12(14)9-13(11)15/h4-7,9-10,16H,3,8H2,1-2H3/b5-4+. The molecule has 1 N–H and O–H groups in total. The maximum Gasteiger partial charge on any atom is 0.131 e. The van der Waals surface area contributed by atoms with E-state index in [1.165, 1.54) is 6.07 Å². The zero-order valence-electron chi connectivity index (χ0n) is 9.63. The molecule has 1 aromatic carbocycles. The number of rotatable bonds is 5. The summed E-state index contributed by atoms with van der Waals surface area (Å²) in [6, 6.07) is 4.94. The molecule has 1 rings (SSSR count). The van der Waals surface area contributed by atoms with E-state index in [4.69, 9.17) is 11.6 Å². The largest absolute Gasteiger partial charge is 0.311 e. The van der Waals surface area contributed by atoms with E-state index < -0.39 is 0 Å². The van der Waals surface area contributed by atoms with E-state index in [0.29, 0.717) is 10.6 Å². The van der Waals surface area contributed by atoms with Gasteiger partial charge in [0.1, 0.15) is 5.82 Å². The van der Waals surface area contributed by atoms with Crippen LogP contribution in [0.5, 0.6) is 0 Å². The summed E-state index contributed by atoms with van der Waals surface area (Å²) in [5, 5.41) is 3.72. The molecule has 0 aromatic heterocycles. The molecule has 1 nitrogen and oxygen atoms in total. The van der Waals surface area contributed by atoms with Gasteiger partial charge >= 0.3 is 0 Å². The Morgan fingerprint density at radius 3 is 2.88 bits per heavy atom. The van der Waals surface area contributed by atoms with E-state index >= 15 is 0 Å². The number of hydrogen-bond donors (Lipinski definition) is 1. The van der Waals surface area contributed by atoms with Gasteiger partial charge in [-0.2, -0.15) is 0 Å². The Balaban J connectivity index is 2.61. The van der Waals surface area contributed by atoms with Gasteiger partial charge in [0.2, 0.25) is 0 Å². The summed E-state index contributed by atoms with van der Waals surface area (Å²) in [7, 11) is 0. The van der Waals surface area contributed by atoms with Gasteiger partial charge in [0, 0.05) is 16.6 Å². The number of hydrogen-bond acceptors (Lipinski definition) is 1. The minimum atomic E-state index is -0.286. The van der Waals surface area contributed by atoms with Gasteiger partial charge < -0.3 is 5.32 Å². The molecule has 0 aliphatic rings. The fourth-order valence-electron chi connectivity index (χ4n) is 1.32. The van der Waals surface area contributed by atoms with E-state index in [2.05, 4.69) is 12.2 Å². The monoisotopic (exact) mass is 241 g/mol. The van der Waals surface area contributed by atoms with E-state index in [9.17, 15) is 4.39 Å². The molecule has 3 heteroatoms. The highest BCUT2D eigenvalue weighted by molar-refractivity contribution is 6.30. The van der Waals surface area contributed by atoms with Crippen LogP contribution >= 0.6 is 11.6 Å². The molecular weight excluding hydrogens is 225 g/mol. The molecule has 0 saturated heterocycles. The minimum Gasteiger partial charge on any atom is -0.311 e. The van der Waals surface area contributed by atoms with E-state index in [0.717, 1.165) is 13.0 Å². The van der Waals surface area contributed by atoms with Crippen LogP contribution in [0, 0.1) is 5.82 Å². The molecule has 0 amide bonds. The molecule has 1 atom stereocenters. The summed E-state index contributed by atoms with van der Waals surface area (Å²) in [5.41, 5.74) is 0.564. The second-order valence-corrected chi connectivity index (χ2v) is 4.20. The van der Waals surface area contributed by atoms with Crippen LogP contribution < -0.4 is 5.32 Å². The molecule has 0 saturated carbocycles. The van der Waals surface area contributed by atoms with Crippen LogP contribution in [0.25, 0.3) is 6.08 Å². The highest BCUT2D eigenvalue weighted by Gasteiger charge is 2.00. The van der Waals surface area contributed by atoms with E-state index in [1.807, 2.05) is 13.0 Å². The predicted octanol–water partition coefficient (Wildman–Crippen LogP) is 3.88. The Bertz CT molecular complexity index is 363. The van der Waals surface area contributed by atoms with E-state index in [1.54, 1.807) is 18.2 Å². The summed E-state index contributed by atoms with van der Waals surface area (Å²) in [4.78, 5) is 0. The molecule has 0 aliphatic heterocycles. The molecule has 0 bridgehead atoms. The first-order chi connectivity index (χ1) is 7.63. The normalized spacial score (nSPS) is 13.2. The summed E-state index contributed by atoms with van der Waals surface area (Å²) in [5.74, 6) is -0.286. The molecular formula is C13H17ClFN. The molecule has 88 valence electrons. The summed E-state index contributed by atoms with van der Waals surface area (Å²) < 4.78 is 13.4. The van der Waals surface area contributed by atoms with Gasteiger partial charge in [-0.25, -0.2) is 4.39 Å². The topological polar surface area (TPSA) is 12.0 Å². The van der Waals surface area contributed by atoms with Crippen molar-refractivity contribution in [3.8, 4) is 0 Å². The van der Waals surface area contributed by atoms with Crippen LogP contribution in [0.1, 0.15) is 25.8 Å². The Morgan fingerprint density at radius 1 is 1.50 bits per heavy atom. The van der Waals surface area contributed by atoms with Crippen molar-refractivity contribution in [3.05, 3.63) is 40.7 Å². The maximum absolute atomic E-state index is 13.4. The first-order valence-corrected chi connectivity index (χ1v) is 5.88. The fourth-order valence-corrected chi connectivity index (χ4v) is 1.48. The lowest BCUT2D eigenvalue weighted by atomic mass is 10.1. The van der Waals surface area contributed by atoms with Gasteiger partial charge in [-0.15, -0.1) is 0 Å². The van der Waals surface area contributed by atoms with Crippen LogP contribution in [0.3, 0.4) is 0 Å². The van der Waals surface area contributed by atoms with Crippen molar-refractivity contribution in [2.24, 2.45) is 0 Å². The van der Waals surface area contributed by atoms with E-state index in [-0.39, 0.29) is 11.9 Å². The van der Waals surface area contributed by atoms with Crippen LogP contribution in [0.4, 0.5) is 4.39 Å². The SMILES string of the molecule is CCCNC(C)/C=C/c1ccc(Cl)cc1F. The predicted molar refractivity (Wildman–Crippen MR) is 68.2 cm³/mol. The lowest BCUT2D eigenvalue weighted by molar-refractivity contribution is 0.620. The Morgan fingerprint density at radius 2 is 2.25 bits per heavy atom. The summed E-state index contributed by atoms with van der Waals surface area (Å²) >= 11 is 5.67. The fraction of sp³-hybridized carbons (Fsp3) is 0.385. The average Bonchev–Trinajstić information content (AvgIpc) is 2.25. The molecule has 1 unspecified atom stereocenters. The van der Waals surface area contributed by atoms with Crippen molar-refractivity contribution in [2.45, 2.75) is 26.3 Å². The maximum atomic E-state index is 13.4. The zero-order valence-corrected chi connectivity index (χ0v) is 10.4. The lowest BCUT2D eigenvalue weighted by Crippen LogP contribution is -2.24. The van der Waals surface area contributed by atoms with Crippen molar-refractivity contribution in [3.63, 3.8) is 0 Å². The molecule has 16 heavy (non-hydrogen) atoms. The summed E-state index contributed by atoms with van der Waals surface area (Å²) in [6.45, 7) is 5.12. The van der Waals surface area contributed by atoms with Crippen molar-refractivity contribution in [2.75, 3.05) is 6.54 Å². The van der Waals surface area contributed by atoms with Crippen LogP contribution in [0.2, 0.25) is 5.02 Å². The second-order valence-electron chi connectivity index (χ2n) is 3.77. The van der Waals surface area contributed by atoms with Crippen molar-refractivity contribution in [1.82, 2.24) is 5.32 Å². The third-order valence-electron chi connectivity index (χ3n) is 2.24. The van der Waals surface area contributed by atoms with Gasteiger partial charge in [-0.05, 0) is 32.0 Å². The van der Waals surface area contributed by atoms with Crippen LogP contribution in [0.15, 0.2) is 24.3 Å². The molecule has 1 aromatic rings. The lowest BCUT2D eigenvalue weighted by Gasteiger charge is -2.07. The average molecular weight is 242 g/mol. The molecule has 0 radical (unpaired) electrons. The Labute approximate surface area is 101 Å². The van der Waals surface area contributed by atoms with Gasteiger partial charge in [0.15, 0.2) is 0 Å². The highest BCUT2D eigenvalue weighted by Crippen LogP contribution is 2.15. The number of benzene rings is 1. The molecule has 0 spiro atoms. The van der Waals surface area contributed by atoms with Crippen molar-refractivity contribution >= 4 is 17.7 Å². The third kappa shape index (κ3) is 4.33. The first-order valence-electron chi connectivity index (χ1n) is 5.50.